The lowest BCUT2D eigenvalue weighted by atomic mass is 10.2. The van der Waals surface area contributed by atoms with Gasteiger partial charge in [-0.1, -0.05) is 12.1 Å². The second kappa shape index (κ2) is 9.75. The molecule has 0 aromatic heterocycles. The second-order valence-corrected chi connectivity index (χ2v) is 8.03. The average Bonchev–Trinajstić information content (AvgIpc) is 3.11. The number of nitrogens with one attached hydrogen (secondary N) is 1. The summed E-state index contributed by atoms with van der Waals surface area (Å²) in [5.74, 6) is 0.683. The molecule has 0 saturated carbocycles. The van der Waals surface area contributed by atoms with Gasteiger partial charge in [-0.25, -0.2) is 8.42 Å². The van der Waals surface area contributed by atoms with E-state index in [4.69, 9.17) is 14.2 Å². The Labute approximate surface area is 154 Å². The van der Waals surface area contributed by atoms with Gasteiger partial charge in [0, 0.05) is 26.2 Å². The summed E-state index contributed by atoms with van der Waals surface area (Å²) in [5.41, 5.74) is 0. The van der Waals surface area contributed by atoms with Crippen LogP contribution in [0.1, 0.15) is 12.8 Å². The van der Waals surface area contributed by atoms with Crippen LogP contribution in [0.15, 0.2) is 24.3 Å². The van der Waals surface area contributed by atoms with E-state index in [1.807, 2.05) is 0 Å². The van der Waals surface area contributed by atoms with E-state index >= 15 is 0 Å². The molecule has 1 aliphatic rings. The summed E-state index contributed by atoms with van der Waals surface area (Å²) >= 11 is 0. The summed E-state index contributed by atoms with van der Waals surface area (Å²) in [6.45, 7) is 1.20. The van der Waals surface area contributed by atoms with Gasteiger partial charge in [-0.3, -0.25) is 4.79 Å². The number of carbonyl (C=O) groups excluding carboxylic acids is 1. The summed E-state index contributed by atoms with van der Waals surface area (Å²) < 4.78 is 41.2. The van der Waals surface area contributed by atoms with Gasteiger partial charge in [0.2, 0.25) is 10.0 Å². The van der Waals surface area contributed by atoms with Gasteiger partial charge < -0.3 is 19.5 Å². The predicted octanol–water partition coefficient (Wildman–Crippen LogP) is 0.631. The van der Waals surface area contributed by atoms with E-state index in [1.54, 1.807) is 24.3 Å². The fraction of sp³-hybridized carbons (Fsp3) is 0.588. The van der Waals surface area contributed by atoms with Crippen molar-refractivity contribution in [1.82, 2.24) is 9.62 Å². The third-order valence-corrected chi connectivity index (χ3v) is 5.28. The minimum absolute atomic E-state index is 0.0747. The zero-order valence-corrected chi connectivity index (χ0v) is 16.0. The van der Waals surface area contributed by atoms with Gasteiger partial charge in [0.1, 0.15) is 0 Å². The largest absolute Gasteiger partial charge is 0.493 e. The molecule has 0 spiro atoms. The highest BCUT2D eigenvalue weighted by atomic mass is 32.2. The standard InChI is InChI=1S/C17H26N2O6S/c1-23-15-7-3-4-8-16(15)25-13-17(20)18-9-10-19(26(2,21)22)12-14-6-5-11-24-14/h3-4,7-8,14H,5-6,9-13H2,1-2H3,(H,18,20). The third-order valence-electron chi connectivity index (χ3n) is 4.01. The Morgan fingerprint density at radius 3 is 2.69 bits per heavy atom. The molecule has 2 rings (SSSR count). The molecule has 9 heteroatoms. The molecule has 0 radical (unpaired) electrons. The van der Waals surface area contributed by atoms with Gasteiger partial charge in [-0.2, -0.15) is 4.31 Å². The molecule has 1 aromatic carbocycles. The third kappa shape index (κ3) is 6.47. The number of carbonyl (C=O) groups is 1. The highest BCUT2D eigenvalue weighted by Gasteiger charge is 2.24. The van der Waals surface area contributed by atoms with Crippen LogP contribution in [0.25, 0.3) is 0 Å². The topological polar surface area (TPSA) is 94.2 Å². The number of para-hydroxylation sites is 2. The maximum absolute atomic E-state index is 11.9. The van der Waals surface area contributed by atoms with E-state index in [1.165, 1.54) is 11.4 Å². The first-order valence-corrected chi connectivity index (χ1v) is 10.3. The fourth-order valence-electron chi connectivity index (χ4n) is 2.66. The van der Waals surface area contributed by atoms with Crippen LogP contribution in [0.5, 0.6) is 11.5 Å². The van der Waals surface area contributed by atoms with Crippen LogP contribution < -0.4 is 14.8 Å². The summed E-state index contributed by atoms with van der Waals surface area (Å²) in [7, 11) is -1.84. The molecule has 26 heavy (non-hydrogen) atoms. The first-order chi connectivity index (χ1) is 12.4. The number of sulfonamides is 1. The number of hydrogen-bond acceptors (Lipinski definition) is 6. The SMILES string of the molecule is COc1ccccc1OCC(=O)NCCN(CC1CCCO1)S(C)(=O)=O. The minimum Gasteiger partial charge on any atom is -0.493 e. The normalized spacial score (nSPS) is 17.3. The molecule has 1 aromatic rings. The average molecular weight is 386 g/mol. The van der Waals surface area contributed by atoms with Crippen molar-refractivity contribution >= 4 is 15.9 Å². The Balaban J connectivity index is 1.76. The molecule has 146 valence electrons. The van der Waals surface area contributed by atoms with E-state index in [2.05, 4.69) is 5.32 Å². The van der Waals surface area contributed by atoms with E-state index < -0.39 is 10.0 Å². The van der Waals surface area contributed by atoms with Crippen LogP contribution in [0.4, 0.5) is 0 Å². The highest BCUT2D eigenvalue weighted by molar-refractivity contribution is 7.88. The summed E-state index contributed by atoms with van der Waals surface area (Å²) in [4.78, 5) is 11.9. The van der Waals surface area contributed by atoms with Crippen molar-refractivity contribution in [2.24, 2.45) is 0 Å². The molecule has 1 aliphatic heterocycles. The first-order valence-electron chi connectivity index (χ1n) is 8.49. The van der Waals surface area contributed by atoms with Gasteiger partial charge in [0.05, 0.1) is 19.5 Å². The van der Waals surface area contributed by atoms with Crippen LogP contribution >= 0.6 is 0 Å². The molecule has 1 saturated heterocycles. The quantitative estimate of drug-likeness (QED) is 0.634. The minimum atomic E-state index is -3.36. The van der Waals surface area contributed by atoms with E-state index in [9.17, 15) is 13.2 Å². The van der Waals surface area contributed by atoms with Crippen molar-refractivity contribution in [3.63, 3.8) is 0 Å². The van der Waals surface area contributed by atoms with Crippen molar-refractivity contribution in [3.05, 3.63) is 24.3 Å². The molecule has 1 atom stereocenters. The molecular weight excluding hydrogens is 360 g/mol. The fourth-order valence-corrected chi connectivity index (χ4v) is 3.52. The van der Waals surface area contributed by atoms with Crippen LogP contribution in [0.2, 0.25) is 0 Å². The van der Waals surface area contributed by atoms with Crippen molar-refractivity contribution in [2.75, 3.05) is 46.2 Å². The maximum Gasteiger partial charge on any atom is 0.257 e. The van der Waals surface area contributed by atoms with E-state index in [0.29, 0.717) is 24.7 Å². The van der Waals surface area contributed by atoms with Gasteiger partial charge in [0.25, 0.3) is 5.91 Å². The first kappa shape index (κ1) is 20.5. The van der Waals surface area contributed by atoms with Crippen LogP contribution in [-0.4, -0.2) is 70.9 Å². The summed E-state index contributed by atoms with van der Waals surface area (Å²) in [5, 5.41) is 2.67. The lowest BCUT2D eigenvalue weighted by molar-refractivity contribution is -0.123. The Morgan fingerprint density at radius 2 is 2.08 bits per heavy atom. The summed E-state index contributed by atoms with van der Waals surface area (Å²) in [6.07, 6.45) is 2.88. The van der Waals surface area contributed by atoms with Crippen LogP contribution in [0.3, 0.4) is 0 Å². The van der Waals surface area contributed by atoms with Crippen molar-refractivity contribution in [1.29, 1.82) is 0 Å². The molecule has 8 nitrogen and oxygen atoms in total. The van der Waals surface area contributed by atoms with Crippen molar-refractivity contribution < 1.29 is 27.4 Å². The predicted molar refractivity (Wildman–Crippen MR) is 96.9 cm³/mol. The van der Waals surface area contributed by atoms with Crippen LogP contribution in [0, 0.1) is 0 Å². The lowest BCUT2D eigenvalue weighted by Crippen LogP contribution is -2.42. The molecule has 1 fully saturated rings. The number of hydrogen-bond donors (Lipinski definition) is 1. The van der Waals surface area contributed by atoms with Gasteiger partial charge in [-0.15, -0.1) is 0 Å². The molecule has 1 unspecified atom stereocenters. The molecule has 0 aliphatic carbocycles. The van der Waals surface area contributed by atoms with Gasteiger partial charge in [-0.05, 0) is 25.0 Å². The Bertz CT molecular complexity index is 688. The second-order valence-electron chi connectivity index (χ2n) is 6.05. The number of rotatable bonds is 10. The monoisotopic (exact) mass is 386 g/mol. The van der Waals surface area contributed by atoms with Crippen molar-refractivity contribution in [2.45, 2.75) is 18.9 Å². The lowest BCUT2D eigenvalue weighted by Gasteiger charge is -2.23. The zero-order valence-electron chi connectivity index (χ0n) is 15.1. The molecule has 1 heterocycles. The molecule has 1 N–H and O–H groups in total. The molecule has 0 bridgehead atoms. The molecular formula is C17H26N2O6S. The number of amides is 1. The molecule has 1 amide bonds. The highest BCUT2D eigenvalue weighted by Crippen LogP contribution is 2.25. The Morgan fingerprint density at radius 1 is 1.35 bits per heavy atom. The van der Waals surface area contributed by atoms with E-state index in [-0.39, 0.29) is 31.7 Å². The number of benzene rings is 1. The number of methoxy groups -OCH3 is 1. The summed E-state index contributed by atoms with van der Waals surface area (Å²) in [6, 6.07) is 7.03. The van der Waals surface area contributed by atoms with E-state index in [0.717, 1.165) is 19.1 Å². The van der Waals surface area contributed by atoms with Crippen LogP contribution in [-0.2, 0) is 19.6 Å². The zero-order chi connectivity index (χ0) is 19.0. The number of nitrogens with zero attached hydrogens (tertiary/aromatic N) is 1. The Kier molecular flexibility index (Phi) is 7.67. The van der Waals surface area contributed by atoms with Crippen molar-refractivity contribution in [3.8, 4) is 11.5 Å². The number of ether oxygens (including phenoxy) is 3. The maximum atomic E-state index is 11.9. The van der Waals surface area contributed by atoms with Gasteiger partial charge >= 0.3 is 0 Å². The Hall–Kier alpha value is -1.84. The smallest absolute Gasteiger partial charge is 0.257 e. The van der Waals surface area contributed by atoms with Gasteiger partial charge in [0.15, 0.2) is 18.1 Å².